The van der Waals surface area contributed by atoms with Crippen molar-refractivity contribution in [2.24, 2.45) is 0 Å². The minimum atomic E-state index is -0.510. The molecule has 24 heavy (non-hydrogen) atoms. The highest BCUT2D eigenvalue weighted by molar-refractivity contribution is 14.1. The number of hydrogen-bond acceptors (Lipinski definition) is 2. The number of carbonyl (C=O) groups excluding carboxylic acids is 2. The van der Waals surface area contributed by atoms with Gasteiger partial charge in [-0.3, -0.25) is 9.59 Å². The van der Waals surface area contributed by atoms with Gasteiger partial charge in [-0.2, -0.15) is 0 Å². The van der Waals surface area contributed by atoms with Gasteiger partial charge in [0.05, 0.1) is 23.2 Å². The van der Waals surface area contributed by atoms with Gasteiger partial charge >= 0.3 is 0 Å². The Kier molecular flexibility index (Phi) is 6.56. The third-order valence-corrected chi connectivity index (χ3v) is 4.58. The molecule has 0 saturated heterocycles. The van der Waals surface area contributed by atoms with Gasteiger partial charge in [-0.15, -0.1) is 0 Å². The summed E-state index contributed by atoms with van der Waals surface area (Å²) in [4.78, 5) is 24.0. The van der Waals surface area contributed by atoms with E-state index in [0.717, 1.165) is 3.57 Å². The summed E-state index contributed by atoms with van der Waals surface area (Å²) in [6.45, 7) is 1.60. The maximum atomic E-state index is 13.2. The molecule has 1 unspecified atom stereocenters. The molecule has 0 aromatic heterocycles. The van der Waals surface area contributed by atoms with Gasteiger partial charge in [0, 0.05) is 3.57 Å². The standard InChI is InChI=1S/C17H15ClFIN2O2/c1-10(11-6-7-14(19)13(18)8-11)22-16(23)9-21-17(24)12-4-2-3-5-15(12)20/h2-8,10H,9H2,1H3,(H,21,24)(H,22,23). The molecule has 0 spiro atoms. The van der Waals surface area contributed by atoms with E-state index in [4.69, 9.17) is 11.6 Å². The fraction of sp³-hybridized carbons (Fsp3) is 0.176. The second-order valence-electron chi connectivity index (χ2n) is 5.13. The van der Waals surface area contributed by atoms with Gasteiger partial charge in [0.1, 0.15) is 5.82 Å². The third kappa shape index (κ3) is 4.91. The zero-order valence-electron chi connectivity index (χ0n) is 12.8. The number of amides is 2. The summed E-state index contributed by atoms with van der Waals surface area (Å²) < 4.78 is 14.0. The maximum Gasteiger partial charge on any atom is 0.252 e. The van der Waals surface area contributed by atoms with E-state index in [1.807, 2.05) is 12.1 Å². The first kappa shape index (κ1) is 18.7. The van der Waals surface area contributed by atoms with Gasteiger partial charge in [-0.25, -0.2) is 4.39 Å². The van der Waals surface area contributed by atoms with Crippen LogP contribution in [0.4, 0.5) is 4.39 Å². The molecule has 0 aliphatic carbocycles. The highest BCUT2D eigenvalue weighted by atomic mass is 127. The van der Waals surface area contributed by atoms with Crippen LogP contribution in [0.1, 0.15) is 28.9 Å². The summed E-state index contributed by atoms with van der Waals surface area (Å²) >= 11 is 7.80. The smallest absolute Gasteiger partial charge is 0.252 e. The van der Waals surface area contributed by atoms with Crippen LogP contribution in [0.2, 0.25) is 5.02 Å². The lowest BCUT2D eigenvalue weighted by atomic mass is 10.1. The van der Waals surface area contributed by atoms with Crippen molar-refractivity contribution in [3.63, 3.8) is 0 Å². The van der Waals surface area contributed by atoms with Crippen LogP contribution in [0.5, 0.6) is 0 Å². The van der Waals surface area contributed by atoms with Crippen LogP contribution in [-0.2, 0) is 4.79 Å². The quantitative estimate of drug-likeness (QED) is 0.669. The van der Waals surface area contributed by atoms with Crippen molar-refractivity contribution in [1.82, 2.24) is 10.6 Å². The normalized spacial score (nSPS) is 11.7. The van der Waals surface area contributed by atoms with Crippen LogP contribution in [0.25, 0.3) is 0 Å². The summed E-state index contributed by atoms with van der Waals surface area (Å²) in [6.07, 6.45) is 0. The van der Waals surface area contributed by atoms with Crippen molar-refractivity contribution in [3.8, 4) is 0 Å². The van der Waals surface area contributed by atoms with Crippen LogP contribution < -0.4 is 10.6 Å². The van der Waals surface area contributed by atoms with Crippen LogP contribution in [-0.4, -0.2) is 18.4 Å². The second kappa shape index (κ2) is 8.43. The minimum absolute atomic E-state index is 0.000513. The number of rotatable bonds is 5. The number of hydrogen-bond donors (Lipinski definition) is 2. The van der Waals surface area contributed by atoms with Gasteiger partial charge in [0.15, 0.2) is 0 Å². The van der Waals surface area contributed by atoms with E-state index in [9.17, 15) is 14.0 Å². The van der Waals surface area contributed by atoms with E-state index >= 15 is 0 Å². The zero-order chi connectivity index (χ0) is 17.7. The molecule has 0 fully saturated rings. The molecule has 2 amide bonds. The summed E-state index contributed by atoms with van der Waals surface area (Å²) in [5.74, 6) is -1.17. The molecule has 0 aliphatic heterocycles. The van der Waals surface area contributed by atoms with Gasteiger partial charge in [0.25, 0.3) is 5.91 Å². The largest absolute Gasteiger partial charge is 0.348 e. The van der Waals surface area contributed by atoms with E-state index in [1.54, 1.807) is 25.1 Å². The molecule has 0 bridgehead atoms. The van der Waals surface area contributed by atoms with Gasteiger partial charge < -0.3 is 10.6 Å². The number of nitrogens with one attached hydrogen (secondary N) is 2. The third-order valence-electron chi connectivity index (χ3n) is 3.35. The molecule has 2 aromatic rings. The Morgan fingerprint density at radius 2 is 1.96 bits per heavy atom. The predicted octanol–water partition coefficient (Wildman–Crippen LogP) is 3.69. The molecular formula is C17H15ClFIN2O2. The Morgan fingerprint density at radius 3 is 2.62 bits per heavy atom. The first-order chi connectivity index (χ1) is 11.4. The van der Waals surface area contributed by atoms with Crippen molar-refractivity contribution < 1.29 is 14.0 Å². The summed E-state index contributed by atoms with van der Waals surface area (Å²) in [5.41, 5.74) is 1.20. The number of carbonyl (C=O) groups is 2. The summed E-state index contributed by atoms with van der Waals surface area (Å²) in [7, 11) is 0. The Bertz CT molecular complexity index is 770. The molecule has 126 valence electrons. The van der Waals surface area contributed by atoms with Gasteiger partial charge in [-0.05, 0) is 59.3 Å². The van der Waals surface area contributed by atoms with Crippen molar-refractivity contribution in [3.05, 3.63) is 68.0 Å². The minimum Gasteiger partial charge on any atom is -0.348 e. The van der Waals surface area contributed by atoms with Crippen LogP contribution in [0.15, 0.2) is 42.5 Å². The molecule has 4 nitrogen and oxygen atoms in total. The SMILES string of the molecule is CC(NC(=O)CNC(=O)c1ccccc1I)c1ccc(F)c(Cl)c1. The molecule has 2 N–H and O–H groups in total. The van der Waals surface area contributed by atoms with E-state index in [1.165, 1.54) is 12.1 Å². The molecule has 0 heterocycles. The van der Waals surface area contributed by atoms with Gasteiger partial charge in [-0.1, -0.05) is 29.8 Å². The Labute approximate surface area is 157 Å². The van der Waals surface area contributed by atoms with Crippen LogP contribution in [0, 0.1) is 9.39 Å². The predicted molar refractivity (Wildman–Crippen MR) is 99.5 cm³/mol. The molecule has 0 saturated carbocycles. The highest BCUT2D eigenvalue weighted by Crippen LogP contribution is 2.20. The van der Waals surface area contributed by atoms with Crippen molar-refractivity contribution >= 4 is 46.0 Å². The first-order valence-electron chi connectivity index (χ1n) is 7.15. The average Bonchev–Trinajstić information content (AvgIpc) is 2.55. The Hall–Kier alpha value is -1.67. The average molecular weight is 461 g/mol. The summed E-state index contributed by atoms with van der Waals surface area (Å²) in [6, 6.07) is 11.0. The van der Waals surface area contributed by atoms with E-state index in [2.05, 4.69) is 33.2 Å². The monoisotopic (exact) mass is 460 g/mol. The van der Waals surface area contributed by atoms with E-state index in [-0.39, 0.29) is 29.4 Å². The van der Waals surface area contributed by atoms with Crippen LogP contribution >= 0.6 is 34.2 Å². The fourth-order valence-electron chi connectivity index (χ4n) is 2.06. The van der Waals surface area contributed by atoms with Crippen molar-refractivity contribution in [1.29, 1.82) is 0 Å². The highest BCUT2D eigenvalue weighted by Gasteiger charge is 2.14. The fourth-order valence-corrected chi connectivity index (χ4v) is 2.88. The van der Waals surface area contributed by atoms with Crippen LogP contribution in [0.3, 0.4) is 0 Å². The first-order valence-corrected chi connectivity index (χ1v) is 8.61. The molecule has 0 radical (unpaired) electrons. The zero-order valence-corrected chi connectivity index (χ0v) is 15.7. The van der Waals surface area contributed by atoms with Crippen molar-refractivity contribution in [2.75, 3.05) is 6.54 Å². The number of halogens is 3. The lowest BCUT2D eigenvalue weighted by Gasteiger charge is -2.15. The molecule has 7 heteroatoms. The maximum absolute atomic E-state index is 13.2. The Morgan fingerprint density at radius 1 is 1.25 bits per heavy atom. The van der Waals surface area contributed by atoms with E-state index < -0.39 is 5.82 Å². The second-order valence-corrected chi connectivity index (χ2v) is 6.69. The molecule has 2 rings (SSSR count). The molecule has 2 aromatic carbocycles. The topological polar surface area (TPSA) is 58.2 Å². The summed E-state index contributed by atoms with van der Waals surface area (Å²) in [5, 5.41) is 5.30. The van der Waals surface area contributed by atoms with Crippen molar-refractivity contribution in [2.45, 2.75) is 13.0 Å². The lowest BCUT2D eigenvalue weighted by Crippen LogP contribution is -2.38. The molecule has 0 aliphatic rings. The lowest BCUT2D eigenvalue weighted by molar-refractivity contribution is -0.120. The number of benzene rings is 2. The van der Waals surface area contributed by atoms with E-state index in [0.29, 0.717) is 11.1 Å². The molecular weight excluding hydrogens is 446 g/mol. The molecule has 1 atom stereocenters. The van der Waals surface area contributed by atoms with Gasteiger partial charge in [0.2, 0.25) is 5.91 Å². The Balaban J connectivity index is 1.90.